The van der Waals surface area contributed by atoms with Crippen LogP contribution in [0.15, 0.2) is 54.6 Å². The predicted octanol–water partition coefficient (Wildman–Crippen LogP) is 4.10. The van der Waals surface area contributed by atoms with Crippen LogP contribution < -0.4 is 0 Å². The highest BCUT2D eigenvalue weighted by Gasteiger charge is 2.22. The summed E-state index contributed by atoms with van der Waals surface area (Å²) in [5.41, 5.74) is 2.35. The number of amides is 1. The number of rotatable bonds is 7. The average molecular weight is 339 g/mol. The van der Waals surface area contributed by atoms with Gasteiger partial charge in [0, 0.05) is 20.0 Å². The first-order valence-electron chi connectivity index (χ1n) is 8.41. The monoisotopic (exact) mass is 339 g/mol. The molecule has 0 bridgehead atoms. The number of carboxylic acids is 1. The zero-order valence-corrected chi connectivity index (χ0v) is 15.0. The van der Waals surface area contributed by atoms with Crippen molar-refractivity contribution in [3.63, 3.8) is 0 Å². The third-order valence-electron chi connectivity index (χ3n) is 4.57. The summed E-state index contributed by atoms with van der Waals surface area (Å²) >= 11 is 0. The summed E-state index contributed by atoms with van der Waals surface area (Å²) in [6.07, 6.45) is 1.25. The van der Waals surface area contributed by atoms with Gasteiger partial charge in [0.1, 0.15) is 0 Å². The van der Waals surface area contributed by atoms with Crippen LogP contribution in [0.3, 0.4) is 0 Å². The van der Waals surface area contributed by atoms with E-state index in [0.29, 0.717) is 13.0 Å². The van der Waals surface area contributed by atoms with Crippen molar-refractivity contribution in [2.24, 2.45) is 0 Å². The molecule has 0 radical (unpaired) electrons. The highest BCUT2D eigenvalue weighted by Crippen LogP contribution is 2.28. The summed E-state index contributed by atoms with van der Waals surface area (Å²) in [7, 11) is 1.78. The van der Waals surface area contributed by atoms with E-state index in [1.807, 2.05) is 18.2 Å². The van der Waals surface area contributed by atoms with Crippen molar-refractivity contribution in [2.45, 2.75) is 38.6 Å². The topological polar surface area (TPSA) is 57.6 Å². The van der Waals surface area contributed by atoms with Crippen LogP contribution in [-0.2, 0) is 16.8 Å². The molecule has 0 fully saturated rings. The maximum absolute atomic E-state index is 12.4. The van der Waals surface area contributed by atoms with Gasteiger partial charge in [-0.3, -0.25) is 4.79 Å². The van der Waals surface area contributed by atoms with E-state index in [1.165, 1.54) is 5.56 Å². The number of hydrogen-bond acceptors (Lipinski definition) is 2. The molecule has 0 aliphatic rings. The fourth-order valence-corrected chi connectivity index (χ4v) is 2.76. The second kappa shape index (κ2) is 7.97. The summed E-state index contributed by atoms with van der Waals surface area (Å²) < 4.78 is 0. The Kier molecular flexibility index (Phi) is 5.97. The maximum atomic E-state index is 12.4. The molecule has 2 rings (SSSR count). The van der Waals surface area contributed by atoms with Gasteiger partial charge in [-0.15, -0.1) is 0 Å². The van der Waals surface area contributed by atoms with Crippen LogP contribution in [0, 0.1) is 0 Å². The maximum Gasteiger partial charge on any atom is 0.335 e. The third-order valence-corrected chi connectivity index (χ3v) is 4.57. The molecule has 0 aromatic heterocycles. The molecule has 2 aromatic carbocycles. The molecule has 132 valence electrons. The van der Waals surface area contributed by atoms with Gasteiger partial charge in [-0.05, 0) is 35.1 Å². The lowest BCUT2D eigenvalue weighted by Crippen LogP contribution is -2.28. The van der Waals surface area contributed by atoms with Crippen molar-refractivity contribution >= 4 is 11.9 Å². The van der Waals surface area contributed by atoms with Crippen molar-refractivity contribution in [3.8, 4) is 0 Å². The van der Waals surface area contributed by atoms with Crippen molar-refractivity contribution in [2.75, 3.05) is 7.05 Å². The number of benzene rings is 2. The third kappa shape index (κ3) is 5.18. The van der Waals surface area contributed by atoms with Gasteiger partial charge in [0.2, 0.25) is 5.91 Å². The van der Waals surface area contributed by atoms with Crippen molar-refractivity contribution in [3.05, 3.63) is 71.3 Å². The fraction of sp³-hybridized carbons (Fsp3) is 0.333. The molecule has 0 atom stereocenters. The minimum absolute atomic E-state index is 0.0547. The number of carbonyl (C=O) groups excluding carboxylic acids is 1. The Labute approximate surface area is 149 Å². The van der Waals surface area contributed by atoms with Gasteiger partial charge < -0.3 is 10.0 Å². The number of aromatic carboxylic acids is 1. The first kappa shape index (κ1) is 18.7. The van der Waals surface area contributed by atoms with Crippen LogP contribution in [0.1, 0.15) is 48.2 Å². The molecule has 0 aliphatic carbocycles. The van der Waals surface area contributed by atoms with E-state index >= 15 is 0 Å². The van der Waals surface area contributed by atoms with Gasteiger partial charge >= 0.3 is 5.97 Å². The largest absolute Gasteiger partial charge is 0.478 e. The molecular weight excluding hydrogens is 314 g/mol. The fourth-order valence-electron chi connectivity index (χ4n) is 2.76. The minimum atomic E-state index is -0.945. The molecule has 1 N–H and O–H groups in total. The standard InChI is InChI=1S/C21H25NO3/c1-21(2,18-7-5-4-6-8-18)14-13-19(23)22(3)15-16-9-11-17(12-10-16)20(24)25/h4-12H,13-15H2,1-3H3,(H,24,25). The second-order valence-electron chi connectivity index (χ2n) is 7.00. The summed E-state index contributed by atoms with van der Waals surface area (Å²) in [6, 6.07) is 16.9. The van der Waals surface area contributed by atoms with Gasteiger partial charge in [-0.25, -0.2) is 4.79 Å². The zero-order valence-electron chi connectivity index (χ0n) is 15.0. The Bertz CT molecular complexity index is 721. The highest BCUT2D eigenvalue weighted by molar-refractivity contribution is 5.87. The number of hydrogen-bond donors (Lipinski definition) is 1. The van der Waals surface area contributed by atoms with Crippen LogP contribution in [0.4, 0.5) is 0 Å². The Morgan fingerprint density at radius 2 is 1.60 bits per heavy atom. The molecule has 0 aliphatic heterocycles. The van der Waals surface area contributed by atoms with Crippen LogP contribution in [-0.4, -0.2) is 28.9 Å². The van der Waals surface area contributed by atoms with Crippen LogP contribution >= 0.6 is 0 Å². The van der Waals surface area contributed by atoms with E-state index < -0.39 is 5.97 Å². The SMILES string of the molecule is CN(Cc1ccc(C(=O)O)cc1)C(=O)CCC(C)(C)c1ccccc1. The Morgan fingerprint density at radius 3 is 2.16 bits per heavy atom. The van der Waals surface area contributed by atoms with Gasteiger partial charge in [-0.2, -0.15) is 0 Å². The van der Waals surface area contributed by atoms with E-state index in [2.05, 4.69) is 26.0 Å². The number of carboxylic acid groups (broad SMARTS) is 1. The van der Waals surface area contributed by atoms with Crippen LogP contribution in [0.2, 0.25) is 0 Å². The summed E-state index contributed by atoms with van der Waals surface area (Å²) in [5.74, 6) is -0.856. The normalized spacial score (nSPS) is 11.2. The number of carbonyl (C=O) groups is 2. The molecule has 0 unspecified atom stereocenters. The lowest BCUT2D eigenvalue weighted by atomic mass is 9.80. The quantitative estimate of drug-likeness (QED) is 0.826. The molecule has 0 heterocycles. The zero-order chi connectivity index (χ0) is 18.4. The Balaban J connectivity index is 1.90. The molecule has 4 nitrogen and oxygen atoms in total. The minimum Gasteiger partial charge on any atom is -0.478 e. The van der Waals surface area contributed by atoms with Crippen molar-refractivity contribution < 1.29 is 14.7 Å². The summed E-state index contributed by atoms with van der Waals surface area (Å²) in [6.45, 7) is 4.78. The first-order chi connectivity index (χ1) is 11.8. The van der Waals surface area contributed by atoms with E-state index in [9.17, 15) is 9.59 Å². The van der Waals surface area contributed by atoms with Crippen LogP contribution in [0.5, 0.6) is 0 Å². The molecule has 2 aromatic rings. The lowest BCUT2D eigenvalue weighted by Gasteiger charge is -2.26. The molecule has 4 heteroatoms. The predicted molar refractivity (Wildman–Crippen MR) is 98.6 cm³/mol. The smallest absolute Gasteiger partial charge is 0.335 e. The molecule has 0 spiro atoms. The molecule has 0 saturated heterocycles. The van der Waals surface area contributed by atoms with E-state index in [4.69, 9.17) is 5.11 Å². The van der Waals surface area contributed by atoms with Crippen molar-refractivity contribution in [1.29, 1.82) is 0 Å². The molecule has 25 heavy (non-hydrogen) atoms. The summed E-state index contributed by atoms with van der Waals surface area (Å²) in [4.78, 5) is 25.0. The van der Waals surface area contributed by atoms with E-state index in [1.54, 1.807) is 36.2 Å². The van der Waals surface area contributed by atoms with E-state index in [-0.39, 0.29) is 16.9 Å². The Morgan fingerprint density at radius 1 is 1.00 bits per heavy atom. The van der Waals surface area contributed by atoms with Gasteiger partial charge in [0.15, 0.2) is 0 Å². The van der Waals surface area contributed by atoms with Gasteiger partial charge in [0.25, 0.3) is 0 Å². The Hall–Kier alpha value is -2.62. The van der Waals surface area contributed by atoms with E-state index in [0.717, 1.165) is 12.0 Å². The van der Waals surface area contributed by atoms with Crippen molar-refractivity contribution in [1.82, 2.24) is 4.90 Å². The second-order valence-corrected chi connectivity index (χ2v) is 7.00. The average Bonchev–Trinajstić information content (AvgIpc) is 2.61. The van der Waals surface area contributed by atoms with Gasteiger partial charge in [0.05, 0.1) is 5.56 Å². The molecule has 0 saturated carbocycles. The lowest BCUT2D eigenvalue weighted by molar-refractivity contribution is -0.130. The molecular formula is C21H25NO3. The number of nitrogens with zero attached hydrogens (tertiary/aromatic N) is 1. The van der Waals surface area contributed by atoms with Gasteiger partial charge in [-0.1, -0.05) is 56.3 Å². The first-order valence-corrected chi connectivity index (χ1v) is 8.41. The molecule has 1 amide bonds. The highest BCUT2D eigenvalue weighted by atomic mass is 16.4. The van der Waals surface area contributed by atoms with Crippen LogP contribution in [0.25, 0.3) is 0 Å². The summed E-state index contributed by atoms with van der Waals surface area (Å²) in [5, 5.41) is 8.92.